The molecule has 148 valence electrons. The van der Waals surface area contributed by atoms with Crippen molar-refractivity contribution in [3.63, 3.8) is 0 Å². The summed E-state index contributed by atoms with van der Waals surface area (Å²) in [5, 5.41) is 0. The van der Waals surface area contributed by atoms with Gasteiger partial charge in [0.1, 0.15) is 12.4 Å². The van der Waals surface area contributed by atoms with Gasteiger partial charge in [-0.15, -0.1) is 0 Å². The normalized spacial score (nSPS) is 13.0. The van der Waals surface area contributed by atoms with Crippen LogP contribution in [-0.2, 0) is 16.2 Å². The molecule has 1 aliphatic heterocycles. The summed E-state index contributed by atoms with van der Waals surface area (Å²) in [6, 6.07) is 8.23. The molecule has 0 spiro atoms. The van der Waals surface area contributed by atoms with Crippen LogP contribution in [0.5, 0.6) is 17.2 Å². The van der Waals surface area contributed by atoms with Crippen molar-refractivity contribution in [2.75, 3.05) is 19.9 Å². The number of hydrogen-bond donors (Lipinski definition) is 1. The number of ether oxygens (including phenoxy) is 3. The van der Waals surface area contributed by atoms with Crippen LogP contribution in [0.25, 0.3) is 0 Å². The zero-order valence-electron chi connectivity index (χ0n) is 14.2. The summed E-state index contributed by atoms with van der Waals surface area (Å²) in [5.74, 6) is 6.91. The highest BCUT2D eigenvalue weighted by Gasteiger charge is 2.30. The molecule has 0 bridgehead atoms. The zero-order chi connectivity index (χ0) is 20.2. The van der Waals surface area contributed by atoms with Crippen molar-refractivity contribution >= 4 is 10.0 Å². The quantitative estimate of drug-likeness (QED) is 0.764. The molecule has 6 nitrogen and oxygen atoms in total. The van der Waals surface area contributed by atoms with E-state index in [9.17, 15) is 21.6 Å². The Balaban J connectivity index is 1.49. The molecule has 2 aromatic rings. The van der Waals surface area contributed by atoms with Crippen LogP contribution in [0, 0.1) is 11.8 Å². The van der Waals surface area contributed by atoms with E-state index in [1.165, 1.54) is 0 Å². The van der Waals surface area contributed by atoms with Crippen molar-refractivity contribution in [2.24, 2.45) is 0 Å². The zero-order valence-corrected chi connectivity index (χ0v) is 15.1. The Kier molecular flexibility index (Phi) is 5.67. The topological polar surface area (TPSA) is 73.9 Å². The van der Waals surface area contributed by atoms with Crippen molar-refractivity contribution in [3.05, 3.63) is 48.0 Å². The average molecular weight is 413 g/mol. The maximum absolute atomic E-state index is 12.5. The van der Waals surface area contributed by atoms with Gasteiger partial charge in [-0.3, -0.25) is 0 Å². The van der Waals surface area contributed by atoms with E-state index in [1.54, 1.807) is 18.2 Å². The lowest BCUT2D eigenvalue weighted by Gasteiger charge is -2.08. The van der Waals surface area contributed by atoms with Crippen LogP contribution < -0.4 is 18.9 Å². The molecule has 0 saturated heterocycles. The summed E-state index contributed by atoms with van der Waals surface area (Å²) in [7, 11) is -3.96. The molecule has 1 aliphatic rings. The van der Waals surface area contributed by atoms with E-state index in [-0.39, 0.29) is 24.8 Å². The molecule has 1 N–H and O–H groups in total. The Morgan fingerprint density at radius 2 is 1.75 bits per heavy atom. The Labute approximate surface area is 159 Å². The summed E-state index contributed by atoms with van der Waals surface area (Å²) in [6.07, 6.45) is -4.53. The second-order valence-electron chi connectivity index (χ2n) is 5.50. The minimum atomic E-state index is -4.53. The van der Waals surface area contributed by atoms with Crippen molar-refractivity contribution in [1.82, 2.24) is 4.72 Å². The predicted molar refractivity (Wildman–Crippen MR) is 92.5 cm³/mol. The van der Waals surface area contributed by atoms with Crippen LogP contribution in [0.2, 0.25) is 0 Å². The third-order valence-electron chi connectivity index (χ3n) is 3.62. The van der Waals surface area contributed by atoms with Crippen molar-refractivity contribution in [3.8, 4) is 29.1 Å². The second-order valence-corrected chi connectivity index (χ2v) is 7.27. The lowest BCUT2D eigenvalue weighted by Crippen LogP contribution is -2.24. The summed E-state index contributed by atoms with van der Waals surface area (Å²) in [5.41, 5.74) is -0.924. The Morgan fingerprint density at radius 1 is 1.04 bits per heavy atom. The fourth-order valence-corrected chi connectivity index (χ4v) is 3.16. The summed E-state index contributed by atoms with van der Waals surface area (Å²) in [4.78, 5) is -0.279. The van der Waals surface area contributed by atoms with Crippen LogP contribution in [0.1, 0.15) is 5.56 Å². The fourth-order valence-electron chi connectivity index (χ4n) is 2.24. The molecule has 0 fully saturated rings. The summed E-state index contributed by atoms with van der Waals surface area (Å²) < 4.78 is 79.6. The smallest absolute Gasteiger partial charge is 0.416 e. The average Bonchev–Trinajstić information content (AvgIpc) is 3.12. The number of fused-ring (bicyclic) bond motifs is 1. The van der Waals surface area contributed by atoms with Gasteiger partial charge in [-0.2, -0.15) is 17.9 Å². The van der Waals surface area contributed by atoms with Gasteiger partial charge in [-0.25, -0.2) is 8.42 Å². The van der Waals surface area contributed by atoms with Crippen LogP contribution in [0.3, 0.4) is 0 Å². The molecule has 1 heterocycles. The largest absolute Gasteiger partial charge is 0.481 e. The van der Waals surface area contributed by atoms with Crippen LogP contribution in [-0.4, -0.2) is 28.4 Å². The molecule has 2 aromatic carbocycles. The van der Waals surface area contributed by atoms with Gasteiger partial charge in [-0.1, -0.05) is 11.8 Å². The minimum Gasteiger partial charge on any atom is -0.481 e. The lowest BCUT2D eigenvalue weighted by molar-refractivity contribution is -0.137. The van der Waals surface area contributed by atoms with Crippen LogP contribution in [0.15, 0.2) is 47.4 Å². The number of halogens is 3. The van der Waals surface area contributed by atoms with E-state index >= 15 is 0 Å². The van der Waals surface area contributed by atoms with Gasteiger partial charge in [-0.05, 0) is 36.4 Å². The highest BCUT2D eigenvalue weighted by molar-refractivity contribution is 7.89. The van der Waals surface area contributed by atoms with Crippen LogP contribution >= 0.6 is 0 Å². The van der Waals surface area contributed by atoms with Crippen LogP contribution in [0.4, 0.5) is 13.2 Å². The van der Waals surface area contributed by atoms with E-state index in [4.69, 9.17) is 14.2 Å². The van der Waals surface area contributed by atoms with E-state index in [0.29, 0.717) is 29.4 Å². The van der Waals surface area contributed by atoms with Crippen molar-refractivity contribution < 1.29 is 35.8 Å². The number of alkyl halides is 3. The molecule has 0 radical (unpaired) electrons. The van der Waals surface area contributed by atoms with E-state index in [2.05, 4.69) is 16.6 Å². The molecule has 28 heavy (non-hydrogen) atoms. The SMILES string of the molecule is O=S(=O)(NCC#CCOc1ccc2c(c1)OCO2)c1ccc(C(F)(F)F)cc1. The second kappa shape index (κ2) is 8.00. The molecule has 0 aromatic heterocycles. The van der Waals surface area contributed by atoms with Gasteiger partial charge < -0.3 is 14.2 Å². The Morgan fingerprint density at radius 3 is 2.46 bits per heavy atom. The molecule has 3 rings (SSSR count). The highest BCUT2D eigenvalue weighted by atomic mass is 32.2. The van der Waals surface area contributed by atoms with Gasteiger partial charge in [0, 0.05) is 6.07 Å². The van der Waals surface area contributed by atoms with Gasteiger partial charge >= 0.3 is 6.18 Å². The molecule has 10 heteroatoms. The predicted octanol–water partition coefficient (Wildman–Crippen LogP) is 2.79. The summed E-state index contributed by atoms with van der Waals surface area (Å²) in [6.45, 7) is -0.0484. The number of rotatable bonds is 5. The van der Waals surface area contributed by atoms with E-state index in [0.717, 1.165) is 12.1 Å². The van der Waals surface area contributed by atoms with Gasteiger partial charge in [0.05, 0.1) is 17.0 Å². The Bertz CT molecular complexity index is 1010. The maximum Gasteiger partial charge on any atom is 0.416 e. The number of benzene rings is 2. The lowest BCUT2D eigenvalue weighted by atomic mass is 10.2. The molecular formula is C18H14F3NO5S. The molecule has 0 aliphatic carbocycles. The van der Waals surface area contributed by atoms with E-state index < -0.39 is 21.8 Å². The van der Waals surface area contributed by atoms with Crippen molar-refractivity contribution in [2.45, 2.75) is 11.1 Å². The fraction of sp³-hybridized carbons (Fsp3) is 0.222. The maximum atomic E-state index is 12.5. The number of hydrogen-bond acceptors (Lipinski definition) is 5. The first-order chi connectivity index (χ1) is 13.3. The molecule has 0 atom stereocenters. The standard InChI is InChI=1S/C18H14F3NO5S/c19-18(20,21)13-3-6-15(7-4-13)28(23,24)22-9-1-2-10-25-14-5-8-16-17(11-14)27-12-26-16/h3-8,11,22H,9-10,12H2. The number of nitrogens with one attached hydrogen (secondary N) is 1. The summed E-state index contributed by atoms with van der Waals surface area (Å²) >= 11 is 0. The molecule has 0 unspecified atom stereocenters. The molecule has 0 saturated carbocycles. The molecule has 0 amide bonds. The number of sulfonamides is 1. The Hall–Kier alpha value is -2.90. The first kappa shape index (κ1) is 19.9. The van der Waals surface area contributed by atoms with Crippen molar-refractivity contribution in [1.29, 1.82) is 0 Å². The van der Waals surface area contributed by atoms with Gasteiger partial charge in [0.25, 0.3) is 0 Å². The van der Waals surface area contributed by atoms with Gasteiger partial charge in [0.2, 0.25) is 16.8 Å². The monoisotopic (exact) mass is 413 g/mol. The first-order valence-corrected chi connectivity index (χ1v) is 9.39. The molecular weight excluding hydrogens is 399 g/mol. The van der Waals surface area contributed by atoms with Gasteiger partial charge in [0.15, 0.2) is 11.5 Å². The first-order valence-electron chi connectivity index (χ1n) is 7.91. The third kappa shape index (κ3) is 4.88. The van der Waals surface area contributed by atoms with E-state index in [1.807, 2.05) is 0 Å². The minimum absolute atomic E-state index is 0.0155. The highest BCUT2D eigenvalue weighted by Crippen LogP contribution is 2.35. The third-order valence-corrected chi connectivity index (χ3v) is 5.04.